The molecule has 1 rings (SSSR count). The molecule has 0 spiro atoms. The van der Waals surface area contributed by atoms with Gasteiger partial charge in [-0.1, -0.05) is 11.6 Å². The maximum atomic E-state index is 12.9. The Bertz CT molecular complexity index is 423. The van der Waals surface area contributed by atoms with Gasteiger partial charge in [-0.05, 0) is 19.1 Å². The van der Waals surface area contributed by atoms with Gasteiger partial charge in [0.1, 0.15) is 0 Å². The normalized spacial score (nSPS) is 10.0. The lowest BCUT2D eigenvalue weighted by Gasteiger charge is -2.02. The predicted octanol–water partition coefficient (Wildman–Crippen LogP) is 2.36. The zero-order chi connectivity index (χ0) is 12.3. The molecule has 1 aromatic carbocycles. The first-order valence-corrected chi connectivity index (χ1v) is 4.71. The van der Waals surface area contributed by atoms with Crippen LogP contribution >= 0.6 is 11.6 Å². The highest BCUT2D eigenvalue weighted by atomic mass is 35.5. The van der Waals surface area contributed by atoms with E-state index in [0.717, 1.165) is 6.07 Å². The smallest absolute Gasteiger partial charge is 0.379 e. The minimum absolute atomic E-state index is 0.0159. The van der Waals surface area contributed by atoms with Gasteiger partial charge in [-0.25, -0.2) is 13.6 Å². The zero-order valence-electron chi connectivity index (χ0n) is 8.22. The van der Waals surface area contributed by atoms with Crippen LogP contribution in [-0.2, 0) is 9.53 Å². The summed E-state index contributed by atoms with van der Waals surface area (Å²) in [5.74, 6) is -4.76. The van der Waals surface area contributed by atoms with E-state index in [0.29, 0.717) is 6.07 Å². The summed E-state index contributed by atoms with van der Waals surface area (Å²) in [5.41, 5.74) is -0.345. The minimum Gasteiger partial charge on any atom is -0.460 e. The van der Waals surface area contributed by atoms with Crippen LogP contribution in [-0.4, -0.2) is 18.4 Å². The van der Waals surface area contributed by atoms with Crippen molar-refractivity contribution in [3.05, 3.63) is 34.4 Å². The van der Waals surface area contributed by atoms with Gasteiger partial charge in [0, 0.05) is 5.56 Å². The van der Waals surface area contributed by atoms with E-state index in [-0.39, 0.29) is 12.2 Å². The lowest BCUT2D eigenvalue weighted by molar-refractivity contribution is -0.137. The molecule has 16 heavy (non-hydrogen) atoms. The van der Waals surface area contributed by atoms with Crippen molar-refractivity contribution >= 4 is 23.4 Å². The Morgan fingerprint density at radius 2 is 2.00 bits per heavy atom. The molecule has 0 bridgehead atoms. The third-order valence-electron chi connectivity index (χ3n) is 1.71. The van der Waals surface area contributed by atoms with Gasteiger partial charge >= 0.3 is 5.97 Å². The van der Waals surface area contributed by atoms with Crippen LogP contribution in [0.1, 0.15) is 17.3 Å². The van der Waals surface area contributed by atoms with E-state index in [2.05, 4.69) is 4.74 Å². The number of rotatable bonds is 3. The first-order valence-electron chi connectivity index (χ1n) is 4.33. The molecule has 0 heterocycles. The van der Waals surface area contributed by atoms with Crippen LogP contribution in [0.2, 0.25) is 5.02 Å². The number of ketones is 1. The summed E-state index contributed by atoms with van der Waals surface area (Å²) in [6, 6.07) is 1.47. The molecule has 0 saturated carbocycles. The first-order chi connectivity index (χ1) is 7.47. The van der Waals surface area contributed by atoms with Gasteiger partial charge in [-0.2, -0.15) is 0 Å². The third-order valence-corrected chi connectivity index (χ3v) is 1.98. The van der Waals surface area contributed by atoms with Gasteiger partial charge in [0.05, 0.1) is 11.6 Å². The van der Waals surface area contributed by atoms with Gasteiger partial charge < -0.3 is 4.74 Å². The number of ether oxygens (including phenoxy) is 1. The first kappa shape index (κ1) is 12.6. The number of carbonyl (C=O) groups is 2. The average molecular weight is 249 g/mol. The van der Waals surface area contributed by atoms with Gasteiger partial charge in [0.25, 0.3) is 5.78 Å². The fraction of sp³-hybridized carbons (Fsp3) is 0.200. The molecule has 3 nitrogen and oxygen atoms in total. The number of carbonyl (C=O) groups excluding carboxylic acids is 2. The highest BCUT2D eigenvalue weighted by molar-refractivity contribution is 6.41. The van der Waals surface area contributed by atoms with Gasteiger partial charge in [-0.15, -0.1) is 0 Å². The van der Waals surface area contributed by atoms with Crippen LogP contribution in [0, 0.1) is 11.6 Å². The monoisotopic (exact) mass is 248 g/mol. The molecule has 0 amide bonds. The summed E-state index contributed by atoms with van der Waals surface area (Å²) in [5, 5.41) is -0.562. The summed E-state index contributed by atoms with van der Waals surface area (Å²) in [4.78, 5) is 22.3. The van der Waals surface area contributed by atoms with Crippen molar-refractivity contribution in [1.29, 1.82) is 0 Å². The number of hydrogen-bond donors (Lipinski definition) is 0. The summed E-state index contributed by atoms with van der Waals surface area (Å²) >= 11 is 5.33. The summed E-state index contributed by atoms with van der Waals surface area (Å²) < 4.78 is 30.1. The summed E-state index contributed by atoms with van der Waals surface area (Å²) in [7, 11) is 0. The fourth-order valence-electron chi connectivity index (χ4n) is 1.00. The van der Waals surface area contributed by atoms with Gasteiger partial charge in [-0.3, -0.25) is 4.79 Å². The average Bonchev–Trinajstić information content (AvgIpc) is 2.24. The Morgan fingerprint density at radius 3 is 2.50 bits per heavy atom. The van der Waals surface area contributed by atoms with Crippen LogP contribution in [0.15, 0.2) is 12.1 Å². The Kier molecular flexibility index (Phi) is 3.95. The van der Waals surface area contributed by atoms with Crippen molar-refractivity contribution in [3.8, 4) is 0 Å². The van der Waals surface area contributed by atoms with Crippen LogP contribution in [0.5, 0.6) is 0 Å². The van der Waals surface area contributed by atoms with Crippen LogP contribution in [0.25, 0.3) is 0 Å². The molecule has 0 aromatic heterocycles. The Morgan fingerprint density at radius 1 is 1.38 bits per heavy atom. The highest BCUT2D eigenvalue weighted by Crippen LogP contribution is 2.20. The van der Waals surface area contributed by atoms with E-state index in [9.17, 15) is 18.4 Å². The molecule has 0 N–H and O–H groups in total. The molecule has 86 valence electrons. The second-order valence-corrected chi connectivity index (χ2v) is 3.21. The maximum absolute atomic E-state index is 12.9. The molecule has 6 heteroatoms. The zero-order valence-corrected chi connectivity index (χ0v) is 8.98. The second-order valence-electron chi connectivity index (χ2n) is 2.80. The van der Waals surface area contributed by atoms with Gasteiger partial charge in [0.15, 0.2) is 11.6 Å². The molecule has 0 aliphatic rings. The minimum atomic E-state index is -1.29. The highest BCUT2D eigenvalue weighted by Gasteiger charge is 2.20. The molecule has 1 aromatic rings. The quantitative estimate of drug-likeness (QED) is 0.357. The second kappa shape index (κ2) is 5.03. The maximum Gasteiger partial charge on any atom is 0.379 e. The summed E-state index contributed by atoms with van der Waals surface area (Å²) in [6.45, 7) is 1.53. The topological polar surface area (TPSA) is 43.4 Å². The van der Waals surface area contributed by atoms with E-state index in [1.165, 1.54) is 6.92 Å². The molecule has 0 radical (unpaired) electrons. The van der Waals surface area contributed by atoms with Crippen molar-refractivity contribution in [2.45, 2.75) is 6.92 Å². The Balaban J connectivity index is 3.06. The summed E-state index contributed by atoms with van der Waals surface area (Å²) in [6.07, 6.45) is 0. The van der Waals surface area contributed by atoms with Crippen LogP contribution < -0.4 is 0 Å². The van der Waals surface area contributed by atoms with Crippen molar-refractivity contribution in [1.82, 2.24) is 0 Å². The van der Waals surface area contributed by atoms with Crippen LogP contribution in [0.3, 0.4) is 0 Å². The molecule has 0 saturated heterocycles. The molecule has 0 atom stereocenters. The number of hydrogen-bond acceptors (Lipinski definition) is 3. The molecule has 0 aliphatic heterocycles. The number of Topliss-reactive ketones (excluding diaryl/α,β-unsaturated/α-hetero) is 1. The SMILES string of the molecule is CCOC(=O)C(=O)c1cc(F)c(F)c(Cl)c1. The predicted molar refractivity (Wildman–Crippen MR) is 52.3 cm³/mol. The third kappa shape index (κ3) is 2.55. The fourth-order valence-corrected chi connectivity index (χ4v) is 1.21. The molecule has 0 fully saturated rings. The van der Waals surface area contributed by atoms with Gasteiger partial charge in [0.2, 0.25) is 0 Å². The van der Waals surface area contributed by atoms with E-state index >= 15 is 0 Å². The number of benzene rings is 1. The Labute approximate surface area is 95.0 Å². The molecule has 0 aliphatic carbocycles. The lowest BCUT2D eigenvalue weighted by atomic mass is 10.1. The molecular formula is C10H7ClF2O3. The van der Waals surface area contributed by atoms with Crippen molar-refractivity contribution in [3.63, 3.8) is 0 Å². The standard InChI is InChI=1S/C10H7ClF2O3/c1-2-16-10(15)9(14)5-3-6(11)8(13)7(12)4-5/h3-4H,2H2,1H3. The van der Waals surface area contributed by atoms with Crippen molar-refractivity contribution < 1.29 is 23.1 Å². The van der Waals surface area contributed by atoms with E-state index in [4.69, 9.17) is 11.6 Å². The van der Waals surface area contributed by atoms with E-state index in [1.54, 1.807) is 0 Å². The number of esters is 1. The van der Waals surface area contributed by atoms with E-state index < -0.39 is 28.4 Å². The molecule has 0 unspecified atom stereocenters. The van der Waals surface area contributed by atoms with Crippen molar-refractivity contribution in [2.75, 3.05) is 6.61 Å². The van der Waals surface area contributed by atoms with Crippen molar-refractivity contribution in [2.24, 2.45) is 0 Å². The largest absolute Gasteiger partial charge is 0.460 e. The Hall–Kier alpha value is -1.49. The number of halogens is 3. The van der Waals surface area contributed by atoms with Crippen LogP contribution in [0.4, 0.5) is 8.78 Å². The lowest BCUT2D eigenvalue weighted by Crippen LogP contribution is -2.17. The molecular weight excluding hydrogens is 242 g/mol. The van der Waals surface area contributed by atoms with E-state index in [1.807, 2.05) is 0 Å².